The fraction of sp³-hybridized carbons (Fsp3) is 0.571. The number of nitrogens with zero attached hydrogens (tertiary/aromatic N) is 3. The second-order valence-electron chi connectivity index (χ2n) is 8.73. The Balaban J connectivity index is 2.28. The van der Waals surface area contributed by atoms with Gasteiger partial charge in [-0.3, -0.25) is 9.36 Å². The Morgan fingerprint density at radius 2 is 2.07 bits per heavy atom. The smallest absolute Gasteiger partial charge is 0.261 e. The van der Waals surface area contributed by atoms with Gasteiger partial charge in [-0.2, -0.15) is 0 Å². The van der Waals surface area contributed by atoms with Crippen LogP contribution >= 0.6 is 0 Å². The highest BCUT2D eigenvalue weighted by atomic mass is 32.2. The minimum Gasteiger partial charge on any atom is -0.591 e. The molecule has 0 aliphatic carbocycles. The Bertz CT molecular complexity index is 999. The highest BCUT2D eigenvalue weighted by molar-refractivity contribution is 7.91. The van der Waals surface area contributed by atoms with Gasteiger partial charge in [-0.25, -0.2) is 4.98 Å². The maximum Gasteiger partial charge on any atom is 0.261 e. The van der Waals surface area contributed by atoms with Crippen molar-refractivity contribution in [3.63, 3.8) is 0 Å². The van der Waals surface area contributed by atoms with Crippen molar-refractivity contribution < 1.29 is 9.29 Å². The van der Waals surface area contributed by atoms with Crippen LogP contribution in [0.15, 0.2) is 21.3 Å². The van der Waals surface area contributed by atoms with Crippen LogP contribution in [0, 0.1) is 6.92 Å². The highest BCUT2D eigenvalue weighted by Gasteiger charge is 2.36. The van der Waals surface area contributed by atoms with E-state index in [-0.39, 0.29) is 5.56 Å². The first-order valence-corrected chi connectivity index (χ1v) is 10.7. The summed E-state index contributed by atoms with van der Waals surface area (Å²) in [5.41, 5.74) is 2.20. The minimum absolute atomic E-state index is 0.105. The molecule has 0 saturated carbocycles. The molecule has 0 spiro atoms. The summed E-state index contributed by atoms with van der Waals surface area (Å²) >= 11 is -1.39. The number of rotatable bonds is 3. The molecule has 1 aromatic heterocycles. The quantitative estimate of drug-likeness (QED) is 0.580. The van der Waals surface area contributed by atoms with Crippen molar-refractivity contribution in [3.8, 4) is 0 Å². The van der Waals surface area contributed by atoms with Crippen LogP contribution in [0.4, 0.5) is 0 Å². The van der Waals surface area contributed by atoms with Crippen LogP contribution in [0.5, 0.6) is 0 Å². The monoisotopic (exact) mass is 403 g/mol. The predicted molar refractivity (Wildman–Crippen MR) is 114 cm³/mol. The van der Waals surface area contributed by atoms with Gasteiger partial charge in [0.1, 0.15) is 27.5 Å². The largest absolute Gasteiger partial charge is 0.591 e. The molecule has 2 heterocycles. The van der Waals surface area contributed by atoms with Gasteiger partial charge in [-0.05, 0) is 72.1 Å². The molecular weight excluding hydrogens is 374 g/mol. The normalized spacial score (nSPS) is 22.1. The van der Waals surface area contributed by atoms with E-state index >= 15 is 0 Å². The molecule has 0 radical (unpaired) electrons. The zero-order chi connectivity index (χ0) is 20.9. The molecule has 7 heteroatoms. The lowest BCUT2D eigenvalue weighted by Crippen LogP contribution is -2.33. The summed E-state index contributed by atoms with van der Waals surface area (Å²) in [6.07, 6.45) is 1.76. The third-order valence-corrected chi connectivity index (χ3v) is 6.64. The molecule has 152 valence electrons. The fourth-order valence-corrected chi connectivity index (χ4v) is 4.16. The SMILES string of the molecule is CC(=N[S+]([O-])C(C)(C)C)c1cc(C)cc2c(=O)n(C)c(C3(C)CCCO3)nc12. The van der Waals surface area contributed by atoms with Crippen molar-refractivity contribution in [3.05, 3.63) is 39.4 Å². The average Bonchev–Trinajstić information content (AvgIpc) is 3.04. The lowest BCUT2D eigenvalue weighted by Gasteiger charge is -2.25. The molecule has 2 aromatic rings. The van der Waals surface area contributed by atoms with Crippen molar-refractivity contribution in [1.29, 1.82) is 0 Å². The molecule has 1 saturated heterocycles. The van der Waals surface area contributed by atoms with Gasteiger partial charge < -0.3 is 9.29 Å². The first kappa shape index (κ1) is 21.0. The highest BCUT2D eigenvalue weighted by Crippen LogP contribution is 2.34. The van der Waals surface area contributed by atoms with Crippen molar-refractivity contribution in [2.24, 2.45) is 11.4 Å². The van der Waals surface area contributed by atoms with Crippen molar-refractivity contribution in [2.45, 2.75) is 64.7 Å². The number of aryl methyl sites for hydroxylation is 1. The van der Waals surface area contributed by atoms with Gasteiger partial charge in [0.05, 0.1) is 16.6 Å². The maximum atomic E-state index is 13.1. The van der Waals surface area contributed by atoms with Crippen LogP contribution in [0.3, 0.4) is 0 Å². The summed E-state index contributed by atoms with van der Waals surface area (Å²) in [5, 5.41) is 0.541. The minimum atomic E-state index is -1.39. The summed E-state index contributed by atoms with van der Waals surface area (Å²) in [7, 11) is 1.74. The molecule has 1 aliphatic heterocycles. The number of aromatic nitrogens is 2. The standard InChI is InChI=1S/C21H29N3O3S/c1-13-11-15(14(2)23-28(26)20(3,4)5)17-16(12-13)18(25)24(7)19(22-17)21(6)9-8-10-27-21/h11-12H,8-10H2,1-7H3. The first-order valence-electron chi connectivity index (χ1n) is 9.57. The summed E-state index contributed by atoms with van der Waals surface area (Å²) in [5.74, 6) is 0.623. The van der Waals surface area contributed by atoms with Crippen LogP contribution < -0.4 is 5.56 Å². The number of ether oxygens (including phenoxy) is 1. The van der Waals surface area contributed by atoms with E-state index in [1.54, 1.807) is 11.6 Å². The number of hydrogen-bond donors (Lipinski definition) is 0. The van der Waals surface area contributed by atoms with Crippen LogP contribution in [0.2, 0.25) is 0 Å². The lowest BCUT2D eigenvalue weighted by molar-refractivity contribution is 0.00638. The van der Waals surface area contributed by atoms with Gasteiger partial charge in [0.2, 0.25) is 0 Å². The van der Waals surface area contributed by atoms with E-state index in [9.17, 15) is 9.35 Å². The van der Waals surface area contributed by atoms with Crippen LogP contribution in [-0.2, 0) is 28.7 Å². The molecule has 1 aromatic carbocycles. The van der Waals surface area contributed by atoms with Crippen molar-refractivity contribution in [2.75, 3.05) is 6.61 Å². The molecular formula is C21H29N3O3S. The van der Waals surface area contributed by atoms with Crippen molar-refractivity contribution >= 4 is 28.0 Å². The van der Waals surface area contributed by atoms with Crippen LogP contribution in [0.1, 0.15) is 64.4 Å². The van der Waals surface area contributed by atoms with Gasteiger partial charge in [-0.15, -0.1) is 0 Å². The molecule has 0 N–H and O–H groups in total. The average molecular weight is 404 g/mol. The van der Waals surface area contributed by atoms with Crippen molar-refractivity contribution in [1.82, 2.24) is 9.55 Å². The third kappa shape index (κ3) is 3.75. The summed E-state index contributed by atoms with van der Waals surface area (Å²) < 4.78 is 24.0. The van der Waals surface area contributed by atoms with E-state index < -0.39 is 21.7 Å². The molecule has 2 unspecified atom stereocenters. The van der Waals surface area contributed by atoms with E-state index in [2.05, 4.69) is 4.40 Å². The molecule has 2 atom stereocenters. The van der Waals surface area contributed by atoms with Gasteiger partial charge >= 0.3 is 0 Å². The lowest BCUT2D eigenvalue weighted by atomic mass is 9.99. The fourth-order valence-electron chi connectivity index (χ4n) is 3.53. The van der Waals surface area contributed by atoms with E-state index in [0.29, 0.717) is 29.0 Å². The number of benzene rings is 1. The third-order valence-electron chi connectivity index (χ3n) is 5.15. The summed E-state index contributed by atoms with van der Waals surface area (Å²) in [4.78, 5) is 18.0. The molecule has 0 amide bonds. The first-order chi connectivity index (χ1) is 12.9. The van der Waals surface area contributed by atoms with E-state index in [0.717, 1.165) is 24.0 Å². The van der Waals surface area contributed by atoms with E-state index in [1.807, 2.05) is 53.7 Å². The zero-order valence-electron chi connectivity index (χ0n) is 17.8. The van der Waals surface area contributed by atoms with E-state index in [4.69, 9.17) is 9.72 Å². The molecule has 6 nitrogen and oxygen atoms in total. The number of hydrogen-bond acceptors (Lipinski definition) is 5. The Morgan fingerprint density at radius 3 is 2.64 bits per heavy atom. The van der Waals surface area contributed by atoms with Gasteiger partial charge in [0.15, 0.2) is 0 Å². The van der Waals surface area contributed by atoms with Crippen LogP contribution in [0.25, 0.3) is 10.9 Å². The number of fused-ring (bicyclic) bond motifs is 1. The molecule has 0 bridgehead atoms. The summed E-state index contributed by atoms with van der Waals surface area (Å²) in [6, 6.07) is 3.80. The maximum absolute atomic E-state index is 13.1. The van der Waals surface area contributed by atoms with Crippen LogP contribution in [-0.4, -0.2) is 31.2 Å². The second-order valence-corrected chi connectivity index (χ2v) is 10.6. The second kappa shape index (κ2) is 7.28. The van der Waals surface area contributed by atoms with Gasteiger partial charge in [0.25, 0.3) is 5.56 Å². The Kier molecular flexibility index (Phi) is 5.47. The summed E-state index contributed by atoms with van der Waals surface area (Å²) in [6.45, 7) is 12.1. The van der Waals surface area contributed by atoms with E-state index in [1.165, 1.54) is 0 Å². The van der Waals surface area contributed by atoms with Gasteiger partial charge in [-0.1, -0.05) is 4.40 Å². The predicted octanol–water partition coefficient (Wildman–Crippen LogP) is 3.54. The zero-order valence-corrected chi connectivity index (χ0v) is 18.6. The molecule has 1 aliphatic rings. The Hall–Kier alpha value is -1.70. The van der Waals surface area contributed by atoms with Gasteiger partial charge in [0, 0.05) is 19.2 Å². The molecule has 28 heavy (non-hydrogen) atoms. The Morgan fingerprint density at radius 1 is 1.39 bits per heavy atom. The molecule has 3 rings (SSSR count). The molecule has 1 fully saturated rings. The Labute approximate surface area is 169 Å². The topological polar surface area (TPSA) is 79.5 Å².